The van der Waals surface area contributed by atoms with E-state index in [2.05, 4.69) is 4.98 Å². The third-order valence-electron chi connectivity index (χ3n) is 2.91. The maximum atomic E-state index is 5.97. The molecule has 4 nitrogen and oxygen atoms in total. The molecule has 0 amide bonds. The van der Waals surface area contributed by atoms with Crippen molar-refractivity contribution in [3.05, 3.63) is 30.5 Å². The summed E-state index contributed by atoms with van der Waals surface area (Å²) in [6, 6.07) is 7.78. The Morgan fingerprint density at radius 2 is 2.18 bits per heavy atom. The molecule has 1 aliphatic heterocycles. The van der Waals surface area contributed by atoms with Crippen molar-refractivity contribution < 1.29 is 9.47 Å². The van der Waals surface area contributed by atoms with Crippen LogP contribution in [0.25, 0.3) is 10.9 Å². The third-order valence-corrected chi connectivity index (χ3v) is 2.91. The van der Waals surface area contributed by atoms with Gasteiger partial charge in [-0.1, -0.05) is 0 Å². The number of hydrogen-bond acceptors (Lipinski definition) is 4. The van der Waals surface area contributed by atoms with Gasteiger partial charge < -0.3 is 9.47 Å². The molecule has 0 saturated heterocycles. The quantitative estimate of drug-likeness (QED) is 0.749. The van der Waals surface area contributed by atoms with E-state index in [9.17, 15) is 0 Å². The highest BCUT2D eigenvalue weighted by Crippen LogP contribution is 2.38. The molecule has 17 heavy (non-hydrogen) atoms. The van der Waals surface area contributed by atoms with E-state index >= 15 is 0 Å². The summed E-state index contributed by atoms with van der Waals surface area (Å²) >= 11 is 0. The summed E-state index contributed by atoms with van der Waals surface area (Å²) in [6.45, 7) is 0.547. The van der Waals surface area contributed by atoms with E-state index in [1.807, 2.05) is 43.3 Å². The number of benzene rings is 1. The molecule has 1 atom stereocenters. The van der Waals surface area contributed by atoms with Gasteiger partial charge in [0.05, 0.1) is 5.52 Å². The largest absolute Gasteiger partial charge is 0.484 e. The van der Waals surface area contributed by atoms with Gasteiger partial charge >= 0.3 is 0 Å². The molecule has 0 radical (unpaired) electrons. The van der Waals surface area contributed by atoms with Gasteiger partial charge in [-0.2, -0.15) is 0 Å². The summed E-state index contributed by atoms with van der Waals surface area (Å²) in [5, 5.41) is 0.997. The van der Waals surface area contributed by atoms with Gasteiger partial charge in [-0.05, 0) is 38.4 Å². The van der Waals surface area contributed by atoms with Crippen molar-refractivity contribution in [2.24, 2.45) is 0 Å². The molecule has 1 aromatic carbocycles. The molecule has 0 saturated carbocycles. The molecule has 1 unspecified atom stereocenters. The molecule has 0 fully saturated rings. The van der Waals surface area contributed by atoms with Crippen LogP contribution in [0.4, 0.5) is 0 Å². The lowest BCUT2D eigenvalue weighted by molar-refractivity contribution is -0.000476. The highest BCUT2D eigenvalue weighted by atomic mass is 16.6. The van der Waals surface area contributed by atoms with Crippen molar-refractivity contribution in [2.75, 3.05) is 20.7 Å². The Bertz CT molecular complexity index is 554. The summed E-state index contributed by atoms with van der Waals surface area (Å²) < 4.78 is 11.7. The minimum Gasteiger partial charge on any atom is -0.484 e. The lowest BCUT2D eigenvalue weighted by atomic mass is 10.2. The molecule has 0 N–H and O–H groups in total. The Morgan fingerprint density at radius 3 is 3.00 bits per heavy atom. The van der Waals surface area contributed by atoms with E-state index in [1.54, 1.807) is 6.20 Å². The number of likely N-dealkylation sites (N-methyl/N-ethyl adjacent to an activating group) is 1. The number of fused-ring (bicyclic) bond motifs is 3. The fourth-order valence-corrected chi connectivity index (χ4v) is 1.93. The monoisotopic (exact) mass is 230 g/mol. The Hall–Kier alpha value is -1.81. The van der Waals surface area contributed by atoms with E-state index in [4.69, 9.17) is 9.47 Å². The summed E-state index contributed by atoms with van der Waals surface area (Å²) in [7, 11) is 3.95. The van der Waals surface area contributed by atoms with Gasteiger partial charge in [0.1, 0.15) is 6.61 Å². The van der Waals surface area contributed by atoms with Crippen LogP contribution in [0.1, 0.15) is 0 Å². The zero-order valence-electron chi connectivity index (χ0n) is 9.88. The molecule has 1 aliphatic rings. The van der Waals surface area contributed by atoms with Gasteiger partial charge in [0.2, 0.25) is 0 Å². The van der Waals surface area contributed by atoms with Gasteiger partial charge in [-0.15, -0.1) is 0 Å². The molecule has 1 aromatic heterocycles. The van der Waals surface area contributed by atoms with Gasteiger partial charge in [-0.25, -0.2) is 0 Å². The molecule has 3 rings (SSSR count). The highest BCUT2D eigenvalue weighted by molar-refractivity contribution is 5.87. The first-order valence-corrected chi connectivity index (χ1v) is 5.59. The van der Waals surface area contributed by atoms with Crippen molar-refractivity contribution in [1.82, 2.24) is 9.88 Å². The average Bonchev–Trinajstić information content (AvgIpc) is 2.38. The number of ether oxygens (including phenoxy) is 2. The van der Waals surface area contributed by atoms with Crippen LogP contribution in [0.2, 0.25) is 0 Å². The van der Waals surface area contributed by atoms with Crippen molar-refractivity contribution in [3.8, 4) is 11.5 Å². The predicted molar refractivity (Wildman–Crippen MR) is 65.3 cm³/mol. The van der Waals surface area contributed by atoms with Gasteiger partial charge in [0.15, 0.2) is 17.7 Å². The van der Waals surface area contributed by atoms with E-state index in [-0.39, 0.29) is 6.23 Å². The Balaban J connectivity index is 2.12. The maximum absolute atomic E-state index is 5.97. The minimum atomic E-state index is -0.0479. The van der Waals surface area contributed by atoms with E-state index in [1.165, 1.54) is 0 Å². The Labute approximate surface area is 99.8 Å². The predicted octanol–water partition coefficient (Wildman–Crippen LogP) is 1.89. The smallest absolute Gasteiger partial charge is 0.186 e. The van der Waals surface area contributed by atoms with Crippen molar-refractivity contribution in [3.63, 3.8) is 0 Å². The normalized spacial score (nSPS) is 18.6. The second kappa shape index (κ2) is 3.89. The summed E-state index contributed by atoms with van der Waals surface area (Å²) in [4.78, 5) is 6.31. The number of aromatic nitrogens is 1. The first-order chi connectivity index (χ1) is 8.25. The molecule has 0 aliphatic carbocycles. The van der Waals surface area contributed by atoms with Gasteiger partial charge in [-0.3, -0.25) is 9.88 Å². The lowest BCUT2D eigenvalue weighted by Crippen LogP contribution is -2.41. The molecule has 0 spiro atoms. The topological polar surface area (TPSA) is 34.6 Å². The number of pyridine rings is 1. The molecular weight excluding hydrogens is 216 g/mol. The molecule has 0 bridgehead atoms. The Kier molecular flexibility index (Phi) is 2.37. The Morgan fingerprint density at radius 1 is 1.29 bits per heavy atom. The molecular formula is C13H14N2O2. The van der Waals surface area contributed by atoms with Gasteiger partial charge in [0.25, 0.3) is 0 Å². The van der Waals surface area contributed by atoms with Crippen LogP contribution in [0, 0.1) is 0 Å². The first kappa shape index (κ1) is 10.4. The summed E-state index contributed by atoms with van der Waals surface area (Å²) in [6.07, 6.45) is 1.73. The number of nitrogens with zero attached hydrogens (tertiary/aromatic N) is 2. The SMILES string of the molecule is CN(C)C1COc2ccc3ncccc3c2O1. The summed E-state index contributed by atoms with van der Waals surface area (Å²) in [5.74, 6) is 1.59. The second-order valence-electron chi connectivity index (χ2n) is 4.31. The fraction of sp³-hybridized carbons (Fsp3) is 0.308. The van der Waals surface area contributed by atoms with E-state index in [0.29, 0.717) is 6.61 Å². The standard InChI is InChI=1S/C13H14N2O2/c1-15(2)12-8-16-11-6-5-10-9(13(11)17-12)4-3-7-14-10/h3-7,12H,8H2,1-2H3. The number of rotatable bonds is 1. The minimum absolute atomic E-state index is 0.0479. The first-order valence-electron chi connectivity index (χ1n) is 5.59. The van der Waals surface area contributed by atoms with E-state index in [0.717, 1.165) is 22.4 Å². The van der Waals surface area contributed by atoms with Crippen LogP contribution < -0.4 is 9.47 Å². The van der Waals surface area contributed by atoms with Crippen molar-refractivity contribution in [1.29, 1.82) is 0 Å². The van der Waals surface area contributed by atoms with Crippen LogP contribution in [-0.4, -0.2) is 36.8 Å². The van der Waals surface area contributed by atoms with Crippen LogP contribution in [0.5, 0.6) is 11.5 Å². The maximum Gasteiger partial charge on any atom is 0.186 e. The van der Waals surface area contributed by atoms with Crippen LogP contribution >= 0.6 is 0 Å². The van der Waals surface area contributed by atoms with Crippen LogP contribution in [0.3, 0.4) is 0 Å². The van der Waals surface area contributed by atoms with Crippen molar-refractivity contribution >= 4 is 10.9 Å². The summed E-state index contributed by atoms with van der Waals surface area (Å²) in [5.41, 5.74) is 0.925. The highest BCUT2D eigenvalue weighted by Gasteiger charge is 2.24. The molecule has 2 aromatic rings. The van der Waals surface area contributed by atoms with Crippen LogP contribution in [-0.2, 0) is 0 Å². The van der Waals surface area contributed by atoms with Crippen LogP contribution in [0.15, 0.2) is 30.5 Å². The second-order valence-corrected chi connectivity index (χ2v) is 4.31. The molecule has 4 heteroatoms. The number of hydrogen-bond donors (Lipinski definition) is 0. The van der Waals surface area contributed by atoms with Gasteiger partial charge in [0, 0.05) is 11.6 Å². The zero-order chi connectivity index (χ0) is 11.8. The average molecular weight is 230 g/mol. The third kappa shape index (κ3) is 1.70. The fourth-order valence-electron chi connectivity index (χ4n) is 1.93. The lowest BCUT2D eigenvalue weighted by Gasteiger charge is -2.31. The molecule has 2 heterocycles. The molecule has 88 valence electrons. The van der Waals surface area contributed by atoms with E-state index < -0.39 is 0 Å². The van der Waals surface area contributed by atoms with Crippen molar-refractivity contribution in [2.45, 2.75) is 6.23 Å². The zero-order valence-corrected chi connectivity index (χ0v) is 9.88.